The summed E-state index contributed by atoms with van der Waals surface area (Å²) in [6, 6.07) is 5.44. The van der Waals surface area contributed by atoms with Crippen LogP contribution in [0.15, 0.2) is 18.2 Å². The molecule has 3 rings (SSSR count). The van der Waals surface area contributed by atoms with Crippen LogP contribution < -0.4 is 0 Å². The molecule has 0 saturated carbocycles. The first-order valence-electron chi connectivity index (χ1n) is 6.87. The van der Waals surface area contributed by atoms with Gasteiger partial charge in [0.2, 0.25) is 0 Å². The smallest absolute Gasteiger partial charge is 0.272 e. The minimum Gasteiger partial charge on any atom is -0.366 e. The first-order valence-corrected chi connectivity index (χ1v) is 6.87. The van der Waals surface area contributed by atoms with Gasteiger partial charge in [-0.2, -0.15) is 5.10 Å². The molecule has 1 N–H and O–H groups in total. The Kier molecular flexibility index (Phi) is 3.66. The normalized spacial score (nSPS) is 18.8. The van der Waals surface area contributed by atoms with E-state index in [9.17, 15) is 4.79 Å². The number of morpholine rings is 1. The van der Waals surface area contributed by atoms with Gasteiger partial charge in [-0.25, -0.2) is 9.97 Å². The molecular formula is C14H17N5O2. The topological polar surface area (TPSA) is 84.0 Å². The largest absolute Gasteiger partial charge is 0.366 e. The van der Waals surface area contributed by atoms with Gasteiger partial charge in [0.1, 0.15) is 17.6 Å². The summed E-state index contributed by atoms with van der Waals surface area (Å²) in [6.45, 7) is 5.16. The number of hydrogen-bond acceptors (Lipinski definition) is 5. The number of carbonyl (C=O) groups is 1. The van der Waals surface area contributed by atoms with Gasteiger partial charge >= 0.3 is 0 Å². The van der Waals surface area contributed by atoms with Crippen LogP contribution in [0.25, 0.3) is 0 Å². The minimum absolute atomic E-state index is 0.0840. The lowest BCUT2D eigenvalue weighted by Gasteiger charge is -2.31. The summed E-state index contributed by atoms with van der Waals surface area (Å²) >= 11 is 0. The molecule has 21 heavy (non-hydrogen) atoms. The summed E-state index contributed by atoms with van der Waals surface area (Å²) in [5.41, 5.74) is 1.29. The Labute approximate surface area is 122 Å². The van der Waals surface area contributed by atoms with Gasteiger partial charge in [-0.05, 0) is 26.0 Å². The van der Waals surface area contributed by atoms with Crippen LogP contribution >= 0.6 is 0 Å². The SMILES string of the molecule is Cc1cccc(C(=O)N2CCOC(c3n[nH]c(C)n3)C2)n1. The van der Waals surface area contributed by atoms with Gasteiger partial charge in [0.25, 0.3) is 5.91 Å². The van der Waals surface area contributed by atoms with Gasteiger partial charge in [0.05, 0.1) is 13.2 Å². The van der Waals surface area contributed by atoms with E-state index in [1.54, 1.807) is 11.0 Å². The van der Waals surface area contributed by atoms with Crippen LogP contribution in [-0.2, 0) is 4.74 Å². The number of rotatable bonds is 2. The second-order valence-electron chi connectivity index (χ2n) is 5.05. The molecule has 1 fully saturated rings. The molecule has 0 spiro atoms. The number of H-pyrrole nitrogens is 1. The molecule has 1 aliphatic rings. The van der Waals surface area contributed by atoms with E-state index in [0.29, 0.717) is 31.2 Å². The van der Waals surface area contributed by atoms with Crippen LogP contribution in [-0.4, -0.2) is 50.7 Å². The number of hydrogen-bond donors (Lipinski definition) is 1. The van der Waals surface area contributed by atoms with Gasteiger partial charge in [0, 0.05) is 12.2 Å². The van der Waals surface area contributed by atoms with Crippen molar-refractivity contribution in [1.82, 2.24) is 25.1 Å². The van der Waals surface area contributed by atoms with E-state index in [1.165, 1.54) is 0 Å². The summed E-state index contributed by atoms with van der Waals surface area (Å²) in [4.78, 5) is 22.8. The lowest BCUT2D eigenvalue weighted by atomic mass is 10.2. The molecular weight excluding hydrogens is 270 g/mol. The van der Waals surface area contributed by atoms with E-state index in [1.807, 2.05) is 26.0 Å². The predicted molar refractivity (Wildman–Crippen MR) is 74.7 cm³/mol. The van der Waals surface area contributed by atoms with Crippen molar-refractivity contribution in [2.75, 3.05) is 19.7 Å². The first kappa shape index (κ1) is 13.7. The van der Waals surface area contributed by atoms with Crippen molar-refractivity contribution in [2.24, 2.45) is 0 Å². The first-order chi connectivity index (χ1) is 10.1. The number of aryl methyl sites for hydroxylation is 2. The second-order valence-corrected chi connectivity index (χ2v) is 5.05. The summed E-state index contributed by atoms with van der Waals surface area (Å²) in [5.74, 6) is 1.24. The third-order valence-electron chi connectivity index (χ3n) is 3.36. The standard InChI is InChI=1S/C14H17N5O2/c1-9-4-3-5-11(15-9)14(20)19-6-7-21-12(8-19)13-16-10(2)17-18-13/h3-5,12H,6-8H2,1-2H3,(H,16,17,18). The van der Waals surface area contributed by atoms with Crippen molar-refractivity contribution < 1.29 is 9.53 Å². The Hall–Kier alpha value is -2.28. The molecule has 2 aromatic heterocycles. The number of aromatic nitrogens is 4. The number of pyridine rings is 1. The lowest BCUT2D eigenvalue weighted by molar-refractivity contribution is -0.0268. The molecule has 1 saturated heterocycles. The molecule has 1 aliphatic heterocycles. The highest BCUT2D eigenvalue weighted by Gasteiger charge is 2.28. The highest BCUT2D eigenvalue weighted by atomic mass is 16.5. The molecule has 7 nitrogen and oxygen atoms in total. The minimum atomic E-state index is -0.294. The van der Waals surface area contributed by atoms with Crippen LogP contribution in [0, 0.1) is 13.8 Å². The maximum Gasteiger partial charge on any atom is 0.272 e. The Morgan fingerprint density at radius 3 is 2.95 bits per heavy atom. The summed E-state index contributed by atoms with van der Waals surface area (Å²) in [5, 5.41) is 6.90. The molecule has 1 unspecified atom stereocenters. The van der Waals surface area contributed by atoms with E-state index in [2.05, 4.69) is 20.2 Å². The van der Waals surface area contributed by atoms with Crippen LogP contribution in [0.1, 0.15) is 33.9 Å². The van der Waals surface area contributed by atoms with Gasteiger partial charge in [-0.15, -0.1) is 0 Å². The van der Waals surface area contributed by atoms with Gasteiger partial charge in [-0.1, -0.05) is 6.07 Å². The Morgan fingerprint density at radius 2 is 2.24 bits per heavy atom. The van der Waals surface area contributed by atoms with E-state index < -0.39 is 0 Å². The van der Waals surface area contributed by atoms with E-state index in [4.69, 9.17) is 4.74 Å². The van der Waals surface area contributed by atoms with Gasteiger partial charge < -0.3 is 9.64 Å². The molecule has 1 atom stereocenters. The van der Waals surface area contributed by atoms with Crippen LogP contribution in [0.3, 0.4) is 0 Å². The zero-order valence-electron chi connectivity index (χ0n) is 12.0. The molecule has 1 amide bonds. The van der Waals surface area contributed by atoms with Crippen molar-refractivity contribution in [3.8, 4) is 0 Å². The third kappa shape index (κ3) is 2.92. The monoisotopic (exact) mass is 287 g/mol. The number of ether oxygens (including phenoxy) is 1. The van der Waals surface area contributed by atoms with E-state index in [-0.39, 0.29) is 12.0 Å². The van der Waals surface area contributed by atoms with Crippen molar-refractivity contribution in [3.05, 3.63) is 41.2 Å². The molecule has 7 heteroatoms. The average Bonchev–Trinajstić information content (AvgIpc) is 2.93. The van der Waals surface area contributed by atoms with Crippen molar-refractivity contribution in [1.29, 1.82) is 0 Å². The molecule has 3 heterocycles. The Balaban J connectivity index is 1.75. The fourth-order valence-electron chi connectivity index (χ4n) is 2.32. The van der Waals surface area contributed by atoms with Crippen LogP contribution in [0.2, 0.25) is 0 Å². The molecule has 2 aromatic rings. The molecule has 110 valence electrons. The predicted octanol–water partition coefficient (Wildman–Crippen LogP) is 1.03. The van der Waals surface area contributed by atoms with Crippen LogP contribution in [0.5, 0.6) is 0 Å². The summed E-state index contributed by atoms with van der Waals surface area (Å²) in [6.07, 6.45) is -0.294. The maximum atomic E-state index is 12.5. The number of nitrogens with one attached hydrogen (secondary N) is 1. The van der Waals surface area contributed by atoms with E-state index in [0.717, 1.165) is 11.5 Å². The fraction of sp³-hybridized carbons (Fsp3) is 0.429. The van der Waals surface area contributed by atoms with Crippen molar-refractivity contribution in [2.45, 2.75) is 20.0 Å². The summed E-state index contributed by atoms with van der Waals surface area (Å²) < 4.78 is 5.66. The van der Waals surface area contributed by atoms with Crippen molar-refractivity contribution >= 4 is 5.91 Å². The number of carbonyl (C=O) groups excluding carboxylic acids is 1. The second kappa shape index (κ2) is 5.61. The number of amides is 1. The molecule has 0 aliphatic carbocycles. The molecule has 0 radical (unpaired) electrons. The van der Waals surface area contributed by atoms with Crippen LogP contribution in [0.4, 0.5) is 0 Å². The average molecular weight is 287 g/mol. The highest BCUT2D eigenvalue weighted by Crippen LogP contribution is 2.20. The fourth-order valence-corrected chi connectivity index (χ4v) is 2.32. The quantitative estimate of drug-likeness (QED) is 0.892. The highest BCUT2D eigenvalue weighted by molar-refractivity contribution is 5.92. The Bertz CT molecular complexity index is 654. The van der Waals surface area contributed by atoms with E-state index >= 15 is 0 Å². The zero-order valence-corrected chi connectivity index (χ0v) is 12.0. The van der Waals surface area contributed by atoms with Crippen molar-refractivity contribution in [3.63, 3.8) is 0 Å². The lowest BCUT2D eigenvalue weighted by Crippen LogP contribution is -2.42. The number of aromatic amines is 1. The maximum absolute atomic E-state index is 12.5. The third-order valence-corrected chi connectivity index (χ3v) is 3.36. The molecule has 0 aromatic carbocycles. The summed E-state index contributed by atoms with van der Waals surface area (Å²) in [7, 11) is 0. The zero-order chi connectivity index (χ0) is 14.8. The van der Waals surface area contributed by atoms with Gasteiger partial charge in [-0.3, -0.25) is 9.89 Å². The molecule has 0 bridgehead atoms. The number of nitrogens with zero attached hydrogens (tertiary/aromatic N) is 4. The Morgan fingerprint density at radius 1 is 1.38 bits per heavy atom. The van der Waals surface area contributed by atoms with Gasteiger partial charge in [0.15, 0.2) is 5.82 Å².